The summed E-state index contributed by atoms with van der Waals surface area (Å²) >= 11 is 0. The van der Waals surface area contributed by atoms with E-state index in [4.69, 9.17) is 9.25 Å². The predicted octanol–water partition coefficient (Wildman–Crippen LogP) is 1.59. The molecule has 23 heavy (non-hydrogen) atoms. The first kappa shape index (κ1) is 14.5. The molecule has 0 aliphatic carbocycles. The van der Waals surface area contributed by atoms with Crippen LogP contribution in [0.15, 0.2) is 35.3 Å². The van der Waals surface area contributed by atoms with Gasteiger partial charge < -0.3 is 4.42 Å². The van der Waals surface area contributed by atoms with E-state index >= 15 is 0 Å². The zero-order chi connectivity index (χ0) is 15.6. The fourth-order valence-corrected chi connectivity index (χ4v) is 3.24. The number of rotatable bonds is 3. The summed E-state index contributed by atoms with van der Waals surface area (Å²) in [7, 11) is 0. The van der Waals surface area contributed by atoms with Crippen molar-refractivity contribution in [3.05, 3.63) is 42.1 Å². The largest absolute Gasteiger partial charge is 0.472 e. The molecular formula is C16H20N4O3. The van der Waals surface area contributed by atoms with E-state index in [2.05, 4.69) is 10.00 Å². The number of hydroxylamine groups is 2. The number of aromatic nitrogens is 2. The van der Waals surface area contributed by atoms with E-state index in [0.29, 0.717) is 19.7 Å². The van der Waals surface area contributed by atoms with Crippen LogP contribution in [0, 0.1) is 0 Å². The van der Waals surface area contributed by atoms with Crippen molar-refractivity contribution in [2.45, 2.75) is 32.0 Å². The normalized spacial score (nSPS) is 22.1. The first-order chi connectivity index (χ1) is 11.3. The second-order valence-corrected chi connectivity index (χ2v) is 6.06. The highest BCUT2D eigenvalue weighted by atomic mass is 16.7. The van der Waals surface area contributed by atoms with Gasteiger partial charge in [-0.05, 0) is 25.0 Å². The highest BCUT2D eigenvalue weighted by Crippen LogP contribution is 2.24. The molecule has 0 spiro atoms. The molecule has 122 valence electrons. The number of nitrogens with zero attached hydrogens (tertiary/aromatic N) is 4. The molecule has 0 aromatic carbocycles. The molecule has 2 aromatic rings. The lowest BCUT2D eigenvalue weighted by atomic mass is 10.1. The maximum Gasteiger partial charge on any atom is 0.272 e. The van der Waals surface area contributed by atoms with Crippen LogP contribution in [-0.4, -0.2) is 45.3 Å². The van der Waals surface area contributed by atoms with Crippen molar-refractivity contribution in [2.24, 2.45) is 0 Å². The maximum absolute atomic E-state index is 12.9. The van der Waals surface area contributed by atoms with Gasteiger partial charge >= 0.3 is 0 Å². The zero-order valence-corrected chi connectivity index (χ0v) is 12.9. The summed E-state index contributed by atoms with van der Waals surface area (Å²) in [5, 5.41) is 5.87. The van der Waals surface area contributed by atoms with Crippen molar-refractivity contribution in [2.75, 3.05) is 19.7 Å². The minimum atomic E-state index is -0.334. The number of fused-ring (bicyclic) bond motifs is 1. The minimum Gasteiger partial charge on any atom is -0.472 e. The summed E-state index contributed by atoms with van der Waals surface area (Å²) in [6.07, 6.45) is 7.18. The fourth-order valence-electron chi connectivity index (χ4n) is 3.24. The second-order valence-electron chi connectivity index (χ2n) is 6.06. The van der Waals surface area contributed by atoms with Crippen molar-refractivity contribution < 1.29 is 14.0 Å². The number of hydrogen-bond donors (Lipinski definition) is 0. The Hall–Kier alpha value is -2.12. The molecule has 1 amide bonds. The first-order valence-corrected chi connectivity index (χ1v) is 8.01. The standard InChI is InChI=1S/C16H20N4O3/c21-16(19-6-1-2-7-23-19)15-11-18(9-13-4-8-22-12-13)10-14-3-5-17-20(14)15/h3-5,8,12,15H,1-2,6-7,9-11H2/t15-/m1/s1. The quantitative estimate of drug-likeness (QED) is 0.860. The van der Waals surface area contributed by atoms with Crippen LogP contribution in [0.5, 0.6) is 0 Å². The molecule has 7 nitrogen and oxygen atoms in total. The lowest BCUT2D eigenvalue weighted by Gasteiger charge is -2.36. The van der Waals surface area contributed by atoms with E-state index in [1.807, 2.05) is 16.8 Å². The number of amides is 1. The molecule has 1 fully saturated rings. The number of carbonyl (C=O) groups excluding carboxylic acids is 1. The molecule has 0 bridgehead atoms. The molecule has 0 N–H and O–H groups in total. The van der Waals surface area contributed by atoms with Gasteiger partial charge in [-0.15, -0.1) is 0 Å². The van der Waals surface area contributed by atoms with Crippen LogP contribution in [-0.2, 0) is 22.7 Å². The topological polar surface area (TPSA) is 63.7 Å². The first-order valence-electron chi connectivity index (χ1n) is 8.01. The van der Waals surface area contributed by atoms with Gasteiger partial charge in [0, 0.05) is 37.9 Å². The zero-order valence-electron chi connectivity index (χ0n) is 12.9. The second kappa shape index (κ2) is 6.17. The number of carbonyl (C=O) groups is 1. The molecule has 2 aliphatic heterocycles. The average Bonchev–Trinajstić information content (AvgIpc) is 3.26. The molecule has 4 rings (SSSR count). The Kier molecular flexibility index (Phi) is 3.88. The molecule has 0 radical (unpaired) electrons. The third-order valence-corrected chi connectivity index (χ3v) is 4.38. The molecule has 2 aliphatic rings. The van der Waals surface area contributed by atoms with Gasteiger partial charge in [0.05, 0.1) is 24.8 Å². The van der Waals surface area contributed by atoms with Crippen LogP contribution in [0.4, 0.5) is 0 Å². The SMILES string of the molecule is O=C([C@H]1CN(Cc2ccoc2)Cc2ccnn21)N1CCCCO1. The van der Waals surface area contributed by atoms with E-state index in [-0.39, 0.29) is 11.9 Å². The number of furan rings is 1. The molecule has 0 unspecified atom stereocenters. The van der Waals surface area contributed by atoms with E-state index in [0.717, 1.165) is 37.2 Å². The third-order valence-electron chi connectivity index (χ3n) is 4.38. The lowest BCUT2D eigenvalue weighted by Crippen LogP contribution is -2.47. The Morgan fingerprint density at radius 2 is 2.30 bits per heavy atom. The monoisotopic (exact) mass is 316 g/mol. The van der Waals surface area contributed by atoms with Crippen LogP contribution in [0.25, 0.3) is 0 Å². The predicted molar refractivity (Wildman–Crippen MR) is 81.0 cm³/mol. The van der Waals surface area contributed by atoms with Crippen LogP contribution < -0.4 is 0 Å². The Labute approximate surface area is 134 Å². The van der Waals surface area contributed by atoms with E-state index in [1.54, 1.807) is 18.7 Å². The fraction of sp³-hybridized carbons (Fsp3) is 0.500. The smallest absolute Gasteiger partial charge is 0.272 e. The minimum absolute atomic E-state index is 0.00783. The Bertz CT molecular complexity index is 661. The molecular weight excluding hydrogens is 296 g/mol. The van der Waals surface area contributed by atoms with Gasteiger partial charge in [-0.1, -0.05) is 0 Å². The van der Waals surface area contributed by atoms with E-state index in [1.165, 1.54) is 5.06 Å². The van der Waals surface area contributed by atoms with Crippen molar-refractivity contribution in [1.82, 2.24) is 19.7 Å². The lowest BCUT2D eigenvalue weighted by molar-refractivity contribution is -0.201. The maximum atomic E-state index is 12.9. The third kappa shape index (κ3) is 2.89. The summed E-state index contributed by atoms with van der Waals surface area (Å²) in [6, 6.07) is 3.59. The van der Waals surface area contributed by atoms with Crippen molar-refractivity contribution in [3.63, 3.8) is 0 Å². The molecule has 0 saturated carbocycles. The van der Waals surface area contributed by atoms with Crippen LogP contribution in [0.2, 0.25) is 0 Å². The highest BCUT2D eigenvalue weighted by molar-refractivity contribution is 5.80. The van der Waals surface area contributed by atoms with Gasteiger partial charge in [0.1, 0.15) is 6.04 Å². The van der Waals surface area contributed by atoms with Gasteiger partial charge in [-0.2, -0.15) is 5.10 Å². The molecule has 4 heterocycles. The van der Waals surface area contributed by atoms with Gasteiger partial charge in [-0.3, -0.25) is 19.2 Å². The summed E-state index contributed by atoms with van der Waals surface area (Å²) in [5.41, 5.74) is 2.16. The number of hydrogen-bond acceptors (Lipinski definition) is 5. The summed E-state index contributed by atoms with van der Waals surface area (Å²) < 4.78 is 6.98. The van der Waals surface area contributed by atoms with Crippen LogP contribution >= 0.6 is 0 Å². The summed E-state index contributed by atoms with van der Waals surface area (Å²) in [5.74, 6) is -0.00783. The van der Waals surface area contributed by atoms with E-state index in [9.17, 15) is 4.79 Å². The molecule has 2 aromatic heterocycles. The summed E-state index contributed by atoms with van der Waals surface area (Å²) in [4.78, 5) is 20.6. The van der Waals surface area contributed by atoms with Gasteiger partial charge in [-0.25, -0.2) is 5.06 Å². The average molecular weight is 316 g/mol. The van der Waals surface area contributed by atoms with Gasteiger partial charge in [0.25, 0.3) is 5.91 Å². The summed E-state index contributed by atoms with van der Waals surface area (Å²) in [6.45, 7) is 3.43. The Morgan fingerprint density at radius 1 is 1.35 bits per heavy atom. The van der Waals surface area contributed by atoms with E-state index < -0.39 is 0 Å². The van der Waals surface area contributed by atoms with Gasteiger partial charge in [0.15, 0.2) is 0 Å². The van der Waals surface area contributed by atoms with Gasteiger partial charge in [0.2, 0.25) is 0 Å². The van der Waals surface area contributed by atoms with Crippen molar-refractivity contribution >= 4 is 5.91 Å². The van der Waals surface area contributed by atoms with Crippen LogP contribution in [0.3, 0.4) is 0 Å². The molecule has 1 saturated heterocycles. The van der Waals surface area contributed by atoms with Crippen LogP contribution in [0.1, 0.15) is 30.1 Å². The molecule has 7 heteroatoms. The Balaban J connectivity index is 1.54. The highest BCUT2D eigenvalue weighted by Gasteiger charge is 2.34. The van der Waals surface area contributed by atoms with Crippen molar-refractivity contribution in [1.29, 1.82) is 0 Å². The molecule has 1 atom stereocenters. The van der Waals surface area contributed by atoms with Crippen molar-refractivity contribution in [3.8, 4) is 0 Å². The Morgan fingerprint density at radius 3 is 3.09 bits per heavy atom.